The molecule has 2 aromatic heterocycles. The van der Waals surface area contributed by atoms with Gasteiger partial charge >= 0.3 is 0 Å². The van der Waals surface area contributed by atoms with Gasteiger partial charge < -0.3 is 0 Å². The van der Waals surface area contributed by atoms with Crippen LogP contribution in [-0.2, 0) is 11.2 Å². The molecule has 0 aliphatic rings. The summed E-state index contributed by atoms with van der Waals surface area (Å²) in [6, 6.07) is 7.51. The summed E-state index contributed by atoms with van der Waals surface area (Å²) in [4.78, 5) is 22.2. The maximum absolute atomic E-state index is 11.9. The van der Waals surface area contributed by atoms with Crippen molar-refractivity contribution in [3.63, 3.8) is 0 Å². The van der Waals surface area contributed by atoms with Crippen LogP contribution in [0.5, 0.6) is 0 Å². The molecule has 0 bridgehead atoms. The minimum absolute atomic E-state index is 0.0220. The molecule has 0 aliphatic carbocycles. The van der Waals surface area contributed by atoms with Crippen LogP contribution in [0, 0.1) is 10.1 Å². The normalized spacial score (nSPS) is 10.5. The van der Waals surface area contributed by atoms with Gasteiger partial charge in [0.15, 0.2) is 11.5 Å². The summed E-state index contributed by atoms with van der Waals surface area (Å²) >= 11 is 5.73. The Hall–Kier alpha value is -3.27. The van der Waals surface area contributed by atoms with Crippen LogP contribution in [-0.4, -0.2) is 30.6 Å². The number of nitrogens with one attached hydrogen (secondary N) is 2. The van der Waals surface area contributed by atoms with Crippen LogP contribution in [0.3, 0.4) is 0 Å². The fourth-order valence-corrected chi connectivity index (χ4v) is 2.15. The Morgan fingerprint density at radius 3 is 2.96 bits per heavy atom. The lowest BCUT2D eigenvalue weighted by molar-refractivity contribution is -0.384. The first-order valence-electron chi connectivity index (χ1n) is 6.67. The fourth-order valence-electron chi connectivity index (χ4n) is 1.97. The van der Waals surface area contributed by atoms with Gasteiger partial charge in [-0.2, -0.15) is 4.52 Å². The van der Waals surface area contributed by atoms with Crippen LogP contribution in [0.25, 0.3) is 5.65 Å². The molecule has 122 valence electrons. The van der Waals surface area contributed by atoms with E-state index in [-0.39, 0.29) is 17.1 Å². The predicted octanol–water partition coefficient (Wildman–Crippen LogP) is 1.37. The number of halogens is 1. The van der Waals surface area contributed by atoms with E-state index in [9.17, 15) is 14.9 Å². The van der Waals surface area contributed by atoms with Gasteiger partial charge in [0.05, 0.1) is 11.3 Å². The second kappa shape index (κ2) is 6.46. The topological polar surface area (TPSA) is 127 Å². The number of benzene rings is 1. The Morgan fingerprint density at radius 1 is 1.33 bits per heavy atom. The molecule has 2 N–H and O–H groups in total. The number of anilines is 1. The van der Waals surface area contributed by atoms with Crippen molar-refractivity contribution in [3.05, 3.63) is 57.4 Å². The van der Waals surface area contributed by atoms with Crippen LogP contribution in [0.1, 0.15) is 5.56 Å². The molecular weight excluding hydrogens is 338 g/mol. The third-order valence-corrected chi connectivity index (χ3v) is 3.38. The standard InChI is InChI=1S/C13H10ClN7O3/c14-9-2-1-8(5-10(9)21(23)24)6-13(22)18-16-11-3-4-12-17-15-7-20(12)19-11/h1-5,7H,6H2,(H,16,19)(H,18,22). The largest absolute Gasteiger partial charge is 0.288 e. The molecule has 0 radical (unpaired) electrons. The fraction of sp³-hybridized carbons (Fsp3) is 0.0769. The molecule has 1 aromatic carbocycles. The molecule has 0 aliphatic heterocycles. The number of amides is 1. The van der Waals surface area contributed by atoms with Crippen molar-refractivity contribution in [3.8, 4) is 0 Å². The minimum atomic E-state index is -0.597. The number of nitro groups is 1. The number of hydrogen-bond acceptors (Lipinski definition) is 7. The lowest BCUT2D eigenvalue weighted by atomic mass is 10.1. The number of nitrogens with zero attached hydrogens (tertiary/aromatic N) is 5. The molecule has 0 saturated heterocycles. The number of aromatic nitrogens is 4. The van der Waals surface area contributed by atoms with Crippen molar-refractivity contribution >= 4 is 34.7 Å². The molecule has 0 spiro atoms. The van der Waals surface area contributed by atoms with Crippen LogP contribution in [0.2, 0.25) is 5.02 Å². The maximum atomic E-state index is 11.9. The Balaban J connectivity index is 1.63. The van der Waals surface area contributed by atoms with Crippen molar-refractivity contribution < 1.29 is 9.72 Å². The predicted molar refractivity (Wildman–Crippen MR) is 84.4 cm³/mol. The van der Waals surface area contributed by atoms with Crippen LogP contribution in [0.15, 0.2) is 36.7 Å². The van der Waals surface area contributed by atoms with Gasteiger partial charge in [-0.05, 0) is 23.8 Å². The van der Waals surface area contributed by atoms with E-state index >= 15 is 0 Å². The van der Waals surface area contributed by atoms with Gasteiger partial charge in [-0.1, -0.05) is 17.7 Å². The molecule has 3 rings (SSSR count). The molecule has 1 amide bonds. The Labute approximate surface area is 139 Å². The number of carbonyl (C=O) groups excluding carboxylic acids is 1. The molecule has 0 saturated carbocycles. The van der Waals surface area contributed by atoms with Gasteiger partial charge in [-0.25, -0.2) is 0 Å². The molecule has 24 heavy (non-hydrogen) atoms. The lowest BCUT2D eigenvalue weighted by Crippen LogP contribution is -2.31. The highest BCUT2D eigenvalue weighted by Gasteiger charge is 2.14. The van der Waals surface area contributed by atoms with E-state index in [0.717, 1.165) is 0 Å². The number of nitro benzene ring substituents is 1. The smallest absolute Gasteiger partial charge is 0.280 e. The molecule has 11 heteroatoms. The van der Waals surface area contributed by atoms with Crippen molar-refractivity contribution in [1.82, 2.24) is 25.2 Å². The van der Waals surface area contributed by atoms with E-state index in [0.29, 0.717) is 17.0 Å². The summed E-state index contributed by atoms with van der Waals surface area (Å²) in [6.07, 6.45) is 1.37. The quantitative estimate of drug-likeness (QED) is 0.527. The average molecular weight is 348 g/mol. The molecule has 10 nitrogen and oxygen atoms in total. The van der Waals surface area contributed by atoms with Gasteiger partial charge in [-0.15, -0.1) is 15.3 Å². The van der Waals surface area contributed by atoms with Crippen molar-refractivity contribution in [2.24, 2.45) is 0 Å². The SMILES string of the molecule is O=C(Cc1ccc(Cl)c([N+](=O)[O-])c1)NNc1ccc2nncn2n1. The minimum Gasteiger partial charge on any atom is -0.280 e. The summed E-state index contributed by atoms with van der Waals surface area (Å²) < 4.78 is 1.44. The van der Waals surface area contributed by atoms with E-state index in [1.807, 2.05) is 0 Å². The summed E-state index contributed by atoms with van der Waals surface area (Å²) in [5, 5.41) is 22.5. The molecular formula is C13H10ClN7O3. The Morgan fingerprint density at radius 2 is 2.17 bits per heavy atom. The van der Waals surface area contributed by atoms with Crippen molar-refractivity contribution in [2.45, 2.75) is 6.42 Å². The average Bonchev–Trinajstić information content (AvgIpc) is 3.02. The van der Waals surface area contributed by atoms with Gasteiger partial charge in [-0.3, -0.25) is 25.8 Å². The van der Waals surface area contributed by atoms with Gasteiger partial charge in [0.2, 0.25) is 5.91 Å². The number of carbonyl (C=O) groups is 1. The number of hydrazine groups is 1. The second-order valence-corrected chi connectivity index (χ2v) is 5.15. The van der Waals surface area contributed by atoms with Gasteiger partial charge in [0.1, 0.15) is 11.3 Å². The molecule has 3 aromatic rings. The Kier molecular flexibility index (Phi) is 4.20. The second-order valence-electron chi connectivity index (χ2n) is 4.75. The number of hydrogen-bond donors (Lipinski definition) is 2. The van der Waals surface area contributed by atoms with Crippen LogP contribution >= 0.6 is 11.6 Å². The van der Waals surface area contributed by atoms with E-state index in [2.05, 4.69) is 26.1 Å². The van der Waals surface area contributed by atoms with E-state index in [4.69, 9.17) is 11.6 Å². The molecule has 2 heterocycles. The van der Waals surface area contributed by atoms with Crippen molar-refractivity contribution in [1.29, 1.82) is 0 Å². The van der Waals surface area contributed by atoms with E-state index in [1.165, 1.54) is 23.0 Å². The highest BCUT2D eigenvalue weighted by atomic mass is 35.5. The summed E-state index contributed by atoms with van der Waals surface area (Å²) in [6.45, 7) is 0. The Bertz CT molecular complexity index is 927. The summed E-state index contributed by atoms with van der Waals surface area (Å²) in [5.74, 6) is -0.00462. The van der Waals surface area contributed by atoms with E-state index < -0.39 is 10.8 Å². The maximum Gasteiger partial charge on any atom is 0.288 e. The zero-order valence-electron chi connectivity index (χ0n) is 12.0. The number of fused-ring (bicyclic) bond motifs is 1. The first-order chi connectivity index (χ1) is 11.5. The highest BCUT2D eigenvalue weighted by molar-refractivity contribution is 6.32. The third-order valence-electron chi connectivity index (χ3n) is 3.06. The molecule has 0 fully saturated rings. The highest BCUT2D eigenvalue weighted by Crippen LogP contribution is 2.25. The zero-order chi connectivity index (χ0) is 17.1. The zero-order valence-corrected chi connectivity index (χ0v) is 12.8. The van der Waals surface area contributed by atoms with E-state index in [1.54, 1.807) is 18.2 Å². The van der Waals surface area contributed by atoms with Gasteiger partial charge in [0, 0.05) is 6.07 Å². The van der Waals surface area contributed by atoms with Gasteiger partial charge in [0.25, 0.3) is 5.69 Å². The summed E-state index contributed by atoms with van der Waals surface area (Å²) in [5.41, 5.74) is 5.90. The first kappa shape index (κ1) is 15.6. The van der Waals surface area contributed by atoms with Crippen LogP contribution < -0.4 is 10.9 Å². The van der Waals surface area contributed by atoms with Crippen molar-refractivity contribution in [2.75, 3.05) is 5.43 Å². The number of rotatable bonds is 5. The summed E-state index contributed by atoms with van der Waals surface area (Å²) in [7, 11) is 0. The third kappa shape index (κ3) is 3.38. The first-order valence-corrected chi connectivity index (χ1v) is 7.05. The monoisotopic (exact) mass is 347 g/mol. The molecule has 0 unspecified atom stereocenters. The van der Waals surface area contributed by atoms with Crippen LogP contribution in [0.4, 0.5) is 11.5 Å². The molecule has 0 atom stereocenters. The lowest BCUT2D eigenvalue weighted by Gasteiger charge is -2.08.